The number of non-ortho nitro benzene ring substituents is 1. The fourth-order valence-electron chi connectivity index (χ4n) is 2.68. The molecule has 0 aromatic heterocycles. The summed E-state index contributed by atoms with van der Waals surface area (Å²) in [5.74, 6) is -0.130. The zero-order valence-electron chi connectivity index (χ0n) is 13.1. The van der Waals surface area contributed by atoms with E-state index in [1.165, 1.54) is 0 Å². The largest absolute Gasteiger partial charge is 0.338 e. The Morgan fingerprint density at radius 1 is 1.38 bits per heavy atom. The summed E-state index contributed by atoms with van der Waals surface area (Å²) in [6.07, 6.45) is 1.82. The third kappa shape index (κ3) is 4.28. The van der Waals surface area contributed by atoms with Crippen LogP contribution in [0.3, 0.4) is 0 Å². The lowest BCUT2D eigenvalue weighted by molar-refractivity contribution is -0.384. The highest BCUT2D eigenvalue weighted by atomic mass is 32.2. The van der Waals surface area contributed by atoms with Gasteiger partial charge in [-0.1, -0.05) is 0 Å². The van der Waals surface area contributed by atoms with Crippen molar-refractivity contribution < 1.29 is 18.1 Å². The number of rotatable bonds is 7. The number of nitrogens with two attached hydrogens (primary N) is 1. The van der Waals surface area contributed by atoms with Gasteiger partial charge in [0.25, 0.3) is 5.69 Å². The summed E-state index contributed by atoms with van der Waals surface area (Å²) in [5, 5.41) is 10.6. The van der Waals surface area contributed by atoms with Gasteiger partial charge in [-0.15, -0.1) is 0 Å². The second-order valence-corrected chi connectivity index (χ2v) is 7.28. The van der Waals surface area contributed by atoms with Gasteiger partial charge in [0.15, 0.2) is 0 Å². The molecule has 0 spiro atoms. The number of carbonyl (C=O) groups is 1. The molecule has 1 saturated heterocycles. The second kappa shape index (κ2) is 7.69. The molecule has 24 heavy (non-hydrogen) atoms. The third-order valence-electron chi connectivity index (χ3n) is 3.96. The number of nitrogens with zero attached hydrogens (tertiary/aromatic N) is 2. The lowest BCUT2D eigenvalue weighted by atomic mass is 10.2. The normalized spacial score (nSPS) is 17.9. The van der Waals surface area contributed by atoms with Gasteiger partial charge in [0, 0.05) is 44.2 Å². The van der Waals surface area contributed by atoms with Crippen molar-refractivity contribution in [2.45, 2.75) is 30.2 Å². The molecule has 0 bridgehead atoms. The maximum absolute atomic E-state index is 12.1. The van der Waals surface area contributed by atoms with E-state index in [2.05, 4.69) is 4.72 Å². The topological polar surface area (TPSA) is 136 Å². The summed E-state index contributed by atoms with van der Waals surface area (Å²) >= 11 is 0. The third-order valence-corrected chi connectivity index (χ3v) is 5.44. The number of likely N-dealkylation sites (tertiary alicyclic amines) is 1. The standard InChI is InChI=1S/C14H20N4O5S/c15-10-12-2-1-9-17(12)14(19)7-8-16-24(22,23)13-5-3-11(4-6-13)18(20)21/h3-6,12,16H,1-2,7-10,15H2. The Labute approximate surface area is 140 Å². The summed E-state index contributed by atoms with van der Waals surface area (Å²) in [4.78, 5) is 23.7. The number of hydrogen-bond acceptors (Lipinski definition) is 6. The Kier molecular flexibility index (Phi) is 5.86. The molecule has 132 valence electrons. The van der Waals surface area contributed by atoms with E-state index in [-0.39, 0.29) is 35.5 Å². The van der Waals surface area contributed by atoms with Gasteiger partial charge in [0.2, 0.25) is 15.9 Å². The maximum atomic E-state index is 12.1. The van der Waals surface area contributed by atoms with E-state index >= 15 is 0 Å². The van der Waals surface area contributed by atoms with Crippen molar-refractivity contribution in [1.82, 2.24) is 9.62 Å². The van der Waals surface area contributed by atoms with E-state index in [1.54, 1.807) is 4.90 Å². The van der Waals surface area contributed by atoms with E-state index in [0.29, 0.717) is 13.1 Å². The smallest absolute Gasteiger partial charge is 0.269 e. The van der Waals surface area contributed by atoms with Crippen LogP contribution in [0.1, 0.15) is 19.3 Å². The predicted octanol–water partition coefficient (Wildman–Crippen LogP) is 0.213. The van der Waals surface area contributed by atoms with Crippen molar-refractivity contribution in [3.05, 3.63) is 34.4 Å². The van der Waals surface area contributed by atoms with E-state index in [9.17, 15) is 23.3 Å². The molecular formula is C14H20N4O5S. The number of benzene rings is 1. The van der Waals surface area contributed by atoms with Crippen LogP contribution in [0.5, 0.6) is 0 Å². The van der Waals surface area contributed by atoms with E-state index in [4.69, 9.17) is 5.73 Å². The lowest BCUT2D eigenvalue weighted by Gasteiger charge is -2.23. The average molecular weight is 356 g/mol. The monoisotopic (exact) mass is 356 g/mol. The Morgan fingerprint density at radius 3 is 2.62 bits per heavy atom. The highest BCUT2D eigenvalue weighted by Crippen LogP contribution is 2.18. The molecule has 1 unspecified atom stereocenters. The number of nitro benzene ring substituents is 1. The van der Waals surface area contributed by atoms with E-state index in [0.717, 1.165) is 37.1 Å². The molecule has 0 saturated carbocycles. The van der Waals surface area contributed by atoms with Crippen molar-refractivity contribution in [2.75, 3.05) is 19.6 Å². The molecule has 1 fully saturated rings. The molecule has 0 radical (unpaired) electrons. The molecule has 1 aromatic carbocycles. The van der Waals surface area contributed by atoms with Crippen molar-refractivity contribution in [3.63, 3.8) is 0 Å². The van der Waals surface area contributed by atoms with E-state index in [1.807, 2.05) is 0 Å². The van der Waals surface area contributed by atoms with Crippen LogP contribution in [0, 0.1) is 10.1 Å². The summed E-state index contributed by atoms with van der Waals surface area (Å²) < 4.78 is 26.6. The van der Waals surface area contributed by atoms with Crippen molar-refractivity contribution >= 4 is 21.6 Å². The van der Waals surface area contributed by atoms with Crippen LogP contribution in [0.2, 0.25) is 0 Å². The maximum Gasteiger partial charge on any atom is 0.269 e. The van der Waals surface area contributed by atoms with E-state index < -0.39 is 14.9 Å². The SMILES string of the molecule is NCC1CCCN1C(=O)CCNS(=O)(=O)c1ccc([N+](=O)[O-])cc1. The number of sulfonamides is 1. The van der Waals surface area contributed by atoms with Crippen LogP contribution in [-0.4, -0.2) is 49.8 Å². The van der Waals surface area contributed by atoms with Gasteiger partial charge in [-0.3, -0.25) is 14.9 Å². The first-order chi connectivity index (χ1) is 11.3. The molecule has 1 atom stereocenters. The zero-order chi connectivity index (χ0) is 17.7. The van der Waals surface area contributed by atoms with Crippen molar-refractivity contribution in [1.29, 1.82) is 0 Å². The Morgan fingerprint density at radius 2 is 2.04 bits per heavy atom. The minimum atomic E-state index is -3.81. The van der Waals surface area contributed by atoms with Crippen molar-refractivity contribution in [3.8, 4) is 0 Å². The van der Waals surface area contributed by atoms with Crippen LogP contribution in [-0.2, 0) is 14.8 Å². The van der Waals surface area contributed by atoms with Crippen LogP contribution >= 0.6 is 0 Å². The fraction of sp³-hybridized carbons (Fsp3) is 0.500. The molecule has 1 heterocycles. The van der Waals surface area contributed by atoms with Gasteiger partial charge in [-0.05, 0) is 25.0 Å². The molecule has 1 aliphatic heterocycles. The molecule has 1 aromatic rings. The van der Waals surface area contributed by atoms with Gasteiger partial charge in [-0.25, -0.2) is 13.1 Å². The zero-order valence-corrected chi connectivity index (χ0v) is 13.9. The average Bonchev–Trinajstić information content (AvgIpc) is 3.03. The van der Waals surface area contributed by atoms with Crippen LogP contribution in [0.4, 0.5) is 5.69 Å². The molecule has 9 nitrogen and oxygen atoms in total. The Balaban J connectivity index is 1.90. The fourth-order valence-corrected chi connectivity index (χ4v) is 3.71. The van der Waals surface area contributed by atoms with Crippen molar-refractivity contribution in [2.24, 2.45) is 5.73 Å². The highest BCUT2D eigenvalue weighted by molar-refractivity contribution is 7.89. The summed E-state index contributed by atoms with van der Waals surface area (Å²) in [6.45, 7) is 1.02. The lowest BCUT2D eigenvalue weighted by Crippen LogP contribution is -2.41. The predicted molar refractivity (Wildman–Crippen MR) is 86.7 cm³/mol. The summed E-state index contributed by atoms with van der Waals surface area (Å²) in [6, 6.07) is 4.59. The first-order valence-corrected chi connectivity index (χ1v) is 9.07. The molecule has 1 amide bonds. The van der Waals surface area contributed by atoms with Crippen LogP contribution < -0.4 is 10.5 Å². The number of nitrogens with one attached hydrogen (secondary N) is 1. The Bertz CT molecular complexity index is 704. The second-order valence-electron chi connectivity index (χ2n) is 5.52. The van der Waals surface area contributed by atoms with Crippen LogP contribution in [0.25, 0.3) is 0 Å². The molecule has 10 heteroatoms. The van der Waals surface area contributed by atoms with Crippen LogP contribution in [0.15, 0.2) is 29.2 Å². The summed E-state index contributed by atoms with van der Waals surface area (Å²) in [7, 11) is -3.81. The number of amides is 1. The quantitative estimate of drug-likeness (QED) is 0.529. The first-order valence-electron chi connectivity index (χ1n) is 7.59. The van der Waals surface area contributed by atoms with Gasteiger partial charge in [0.1, 0.15) is 0 Å². The van der Waals surface area contributed by atoms with Gasteiger partial charge in [0.05, 0.1) is 9.82 Å². The van der Waals surface area contributed by atoms with Gasteiger partial charge >= 0.3 is 0 Å². The molecule has 3 N–H and O–H groups in total. The molecular weight excluding hydrogens is 336 g/mol. The first kappa shape index (κ1) is 18.3. The number of carbonyl (C=O) groups excluding carboxylic acids is 1. The Hall–Kier alpha value is -2.04. The van der Waals surface area contributed by atoms with Gasteiger partial charge < -0.3 is 10.6 Å². The highest BCUT2D eigenvalue weighted by Gasteiger charge is 2.27. The minimum absolute atomic E-state index is 0.0313. The van der Waals surface area contributed by atoms with Gasteiger partial charge in [-0.2, -0.15) is 0 Å². The molecule has 0 aliphatic carbocycles. The molecule has 2 rings (SSSR count). The molecule has 1 aliphatic rings. The minimum Gasteiger partial charge on any atom is -0.338 e. The number of hydrogen-bond donors (Lipinski definition) is 2. The summed E-state index contributed by atoms with van der Waals surface area (Å²) in [5.41, 5.74) is 5.43. The number of nitro groups is 1.